The Morgan fingerprint density at radius 3 is 2.86 bits per heavy atom. The van der Waals surface area contributed by atoms with Crippen molar-refractivity contribution < 1.29 is 4.74 Å². The standard InChI is InChI=1S/C16H24N4OS/c1-22-19-7-8-20-14(11-19)12-21-15-9-13(10-17-16(15)20)18-5-3-2-4-6-18/h9-10,14H,2-8,11-12H2,1H3/t14-/m0/s1. The fourth-order valence-electron chi connectivity index (χ4n) is 3.67. The molecular weight excluding hydrogens is 296 g/mol. The zero-order chi connectivity index (χ0) is 14.9. The topological polar surface area (TPSA) is 31.8 Å². The van der Waals surface area contributed by atoms with Gasteiger partial charge in [-0.15, -0.1) is 0 Å². The summed E-state index contributed by atoms with van der Waals surface area (Å²) < 4.78 is 8.46. The van der Waals surface area contributed by atoms with Crippen LogP contribution in [0.15, 0.2) is 12.3 Å². The van der Waals surface area contributed by atoms with Gasteiger partial charge in [-0.25, -0.2) is 9.29 Å². The third-order valence-corrected chi connectivity index (χ3v) is 5.79. The van der Waals surface area contributed by atoms with Gasteiger partial charge >= 0.3 is 0 Å². The highest BCUT2D eigenvalue weighted by Crippen LogP contribution is 2.37. The minimum absolute atomic E-state index is 0.432. The fourth-order valence-corrected chi connectivity index (χ4v) is 4.26. The first-order valence-electron chi connectivity index (χ1n) is 8.28. The Morgan fingerprint density at radius 1 is 1.18 bits per heavy atom. The number of aromatic nitrogens is 1. The number of hydrogen-bond acceptors (Lipinski definition) is 6. The summed E-state index contributed by atoms with van der Waals surface area (Å²) in [7, 11) is 0. The van der Waals surface area contributed by atoms with Gasteiger partial charge in [-0.05, 0) is 25.5 Å². The molecule has 2 fully saturated rings. The predicted octanol–water partition coefficient (Wildman–Crippen LogP) is 2.23. The highest BCUT2D eigenvalue weighted by molar-refractivity contribution is 7.96. The molecule has 0 saturated carbocycles. The van der Waals surface area contributed by atoms with Crippen molar-refractivity contribution in [3.05, 3.63) is 12.3 Å². The maximum absolute atomic E-state index is 6.05. The number of rotatable bonds is 2. The summed E-state index contributed by atoms with van der Waals surface area (Å²) in [6.07, 6.45) is 8.12. The number of pyridine rings is 1. The maximum atomic E-state index is 6.05. The molecule has 0 radical (unpaired) electrons. The number of hydrogen-bond donors (Lipinski definition) is 0. The van der Waals surface area contributed by atoms with Crippen LogP contribution in [0.2, 0.25) is 0 Å². The molecule has 1 aromatic heterocycles. The average Bonchev–Trinajstić information content (AvgIpc) is 2.61. The fraction of sp³-hybridized carbons (Fsp3) is 0.688. The minimum atomic E-state index is 0.432. The molecule has 4 heterocycles. The summed E-state index contributed by atoms with van der Waals surface area (Å²) in [6, 6.07) is 2.63. The van der Waals surface area contributed by atoms with E-state index in [0.717, 1.165) is 50.9 Å². The predicted molar refractivity (Wildman–Crippen MR) is 92.0 cm³/mol. The normalized spacial score (nSPS) is 25.4. The molecule has 0 aliphatic carbocycles. The molecule has 0 aromatic carbocycles. The van der Waals surface area contributed by atoms with Gasteiger partial charge in [0.2, 0.25) is 0 Å². The highest BCUT2D eigenvalue weighted by Gasteiger charge is 2.34. The number of piperidine rings is 1. The molecule has 0 amide bonds. The van der Waals surface area contributed by atoms with E-state index in [4.69, 9.17) is 9.72 Å². The van der Waals surface area contributed by atoms with Crippen LogP contribution in [0.5, 0.6) is 5.75 Å². The average molecular weight is 320 g/mol. The van der Waals surface area contributed by atoms with Crippen LogP contribution in [-0.2, 0) is 0 Å². The molecule has 1 aromatic rings. The lowest BCUT2D eigenvalue weighted by atomic mass is 10.1. The largest absolute Gasteiger partial charge is 0.487 e. The van der Waals surface area contributed by atoms with Crippen LogP contribution in [-0.4, -0.2) is 60.9 Å². The van der Waals surface area contributed by atoms with E-state index in [2.05, 4.69) is 26.4 Å². The number of piperazine rings is 1. The number of anilines is 2. The molecule has 0 unspecified atom stereocenters. The van der Waals surface area contributed by atoms with E-state index in [1.54, 1.807) is 0 Å². The van der Waals surface area contributed by atoms with Crippen LogP contribution in [0.1, 0.15) is 19.3 Å². The molecule has 0 spiro atoms. The summed E-state index contributed by atoms with van der Waals surface area (Å²) in [5.41, 5.74) is 1.22. The number of fused-ring (bicyclic) bond motifs is 3. The Bertz CT molecular complexity index is 535. The zero-order valence-electron chi connectivity index (χ0n) is 13.2. The lowest BCUT2D eigenvalue weighted by Gasteiger charge is -2.44. The van der Waals surface area contributed by atoms with Crippen molar-refractivity contribution >= 4 is 23.5 Å². The molecule has 6 heteroatoms. The van der Waals surface area contributed by atoms with Gasteiger partial charge < -0.3 is 14.5 Å². The number of ether oxygens (including phenoxy) is 1. The smallest absolute Gasteiger partial charge is 0.171 e. The summed E-state index contributed by atoms with van der Waals surface area (Å²) in [5.74, 6) is 2.01. The van der Waals surface area contributed by atoms with Crippen molar-refractivity contribution in [2.45, 2.75) is 25.3 Å². The second kappa shape index (κ2) is 6.16. The van der Waals surface area contributed by atoms with Crippen molar-refractivity contribution in [1.82, 2.24) is 9.29 Å². The third-order valence-electron chi connectivity index (χ3n) is 4.95. The van der Waals surface area contributed by atoms with E-state index in [0.29, 0.717) is 6.04 Å². The lowest BCUT2D eigenvalue weighted by molar-refractivity contribution is 0.219. The second-order valence-corrected chi connectivity index (χ2v) is 7.17. The van der Waals surface area contributed by atoms with E-state index < -0.39 is 0 Å². The van der Waals surface area contributed by atoms with Gasteiger partial charge in [0.05, 0.1) is 17.9 Å². The molecule has 5 nitrogen and oxygen atoms in total. The maximum Gasteiger partial charge on any atom is 0.171 e. The monoisotopic (exact) mass is 320 g/mol. The van der Waals surface area contributed by atoms with Gasteiger partial charge in [0.25, 0.3) is 0 Å². The summed E-state index contributed by atoms with van der Waals surface area (Å²) in [6.45, 7) is 6.25. The van der Waals surface area contributed by atoms with Gasteiger partial charge in [0.15, 0.2) is 11.6 Å². The minimum Gasteiger partial charge on any atom is -0.487 e. The molecule has 3 aliphatic rings. The molecule has 0 bridgehead atoms. The van der Waals surface area contributed by atoms with Crippen LogP contribution < -0.4 is 14.5 Å². The van der Waals surface area contributed by atoms with Gasteiger partial charge in [-0.3, -0.25) is 0 Å². The molecule has 0 N–H and O–H groups in total. The quantitative estimate of drug-likeness (QED) is 0.777. The van der Waals surface area contributed by atoms with E-state index in [9.17, 15) is 0 Å². The Hall–Kier alpha value is -1.14. The molecule has 2 saturated heterocycles. The lowest BCUT2D eigenvalue weighted by Crippen LogP contribution is -2.55. The first kappa shape index (κ1) is 14.5. The van der Waals surface area contributed by atoms with Crippen molar-refractivity contribution in [3.63, 3.8) is 0 Å². The SMILES string of the molecule is CSN1CCN2c3ncc(N4CCCCC4)cc3OC[C@@H]2C1. The van der Waals surface area contributed by atoms with Crippen LogP contribution in [0.3, 0.4) is 0 Å². The molecular formula is C16H24N4OS. The van der Waals surface area contributed by atoms with Crippen LogP contribution >= 0.6 is 11.9 Å². The molecule has 3 aliphatic heterocycles. The zero-order valence-corrected chi connectivity index (χ0v) is 14.0. The summed E-state index contributed by atoms with van der Waals surface area (Å²) in [5, 5.41) is 0. The molecule has 4 rings (SSSR count). The highest BCUT2D eigenvalue weighted by atomic mass is 32.2. The Kier molecular flexibility index (Phi) is 4.05. The van der Waals surface area contributed by atoms with Gasteiger partial charge in [-0.2, -0.15) is 0 Å². The Balaban J connectivity index is 1.55. The van der Waals surface area contributed by atoms with Gasteiger partial charge in [0, 0.05) is 38.8 Å². The molecule has 1 atom stereocenters. The first-order chi connectivity index (χ1) is 10.8. The van der Waals surface area contributed by atoms with Crippen molar-refractivity contribution in [2.75, 3.05) is 55.4 Å². The van der Waals surface area contributed by atoms with Crippen LogP contribution in [0, 0.1) is 0 Å². The van der Waals surface area contributed by atoms with Crippen LogP contribution in [0.4, 0.5) is 11.5 Å². The second-order valence-electron chi connectivity index (χ2n) is 6.29. The van der Waals surface area contributed by atoms with Crippen molar-refractivity contribution in [3.8, 4) is 5.75 Å². The third kappa shape index (κ3) is 2.63. The number of nitrogens with zero attached hydrogens (tertiary/aromatic N) is 4. The van der Waals surface area contributed by atoms with E-state index in [-0.39, 0.29) is 0 Å². The van der Waals surface area contributed by atoms with Crippen molar-refractivity contribution in [2.24, 2.45) is 0 Å². The summed E-state index contributed by atoms with van der Waals surface area (Å²) >= 11 is 1.83. The van der Waals surface area contributed by atoms with Crippen LogP contribution in [0.25, 0.3) is 0 Å². The van der Waals surface area contributed by atoms with E-state index in [1.165, 1.54) is 24.9 Å². The van der Waals surface area contributed by atoms with Gasteiger partial charge in [-0.1, -0.05) is 11.9 Å². The molecule has 120 valence electrons. The summed E-state index contributed by atoms with van der Waals surface area (Å²) in [4.78, 5) is 9.64. The van der Waals surface area contributed by atoms with Gasteiger partial charge in [0.1, 0.15) is 6.61 Å². The molecule has 22 heavy (non-hydrogen) atoms. The van der Waals surface area contributed by atoms with E-state index >= 15 is 0 Å². The Labute approximate surface area is 136 Å². The van der Waals surface area contributed by atoms with E-state index in [1.807, 2.05) is 18.1 Å². The first-order valence-corrected chi connectivity index (χ1v) is 9.47. The van der Waals surface area contributed by atoms with Crippen molar-refractivity contribution in [1.29, 1.82) is 0 Å². The Morgan fingerprint density at radius 2 is 2.05 bits per heavy atom.